The molecule has 1 amide bonds. The average molecular weight is 784 g/mol. The van der Waals surface area contributed by atoms with Gasteiger partial charge in [0.2, 0.25) is 5.91 Å². The van der Waals surface area contributed by atoms with Crippen LogP contribution in [0.5, 0.6) is 5.75 Å². The third kappa shape index (κ3) is 30.6. The molecule has 0 radical (unpaired) electrons. The first-order chi connectivity index (χ1) is 27.1. The van der Waals surface area contributed by atoms with E-state index in [9.17, 15) is 9.59 Å². The van der Waals surface area contributed by atoms with Gasteiger partial charge in [-0.1, -0.05) is 18.2 Å². The molecule has 55 heavy (non-hydrogen) atoms. The van der Waals surface area contributed by atoms with E-state index in [0.29, 0.717) is 163 Å². The molecule has 0 spiro atoms. The molecule has 0 heterocycles. The van der Waals surface area contributed by atoms with E-state index in [-0.39, 0.29) is 18.5 Å². The lowest BCUT2D eigenvalue weighted by molar-refractivity contribution is -0.114. The predicted octanol–water partition coefficient (Wildman–Crippen LogP) is 3.06. The number of esters is 1. The standard InChI is InChI=1S/C39H61NO15/c1-35(41)40-37-7-9-38(10-8-37)54-33-31-52-29-27-50-25-23-48-21-19-46-17-15-44-13-11-43-12-14-45-16-18-47-20-22-49-24-26-51-28-30-53-32-34-55-39(42)36-5-3-2-4-6-36/h2-10H,11-34H2,1H3,(H,40,41). The highest BCUT2D eigenvalue weighted by Gasteiger charge is 2.05. The Labute approximate surface area is 325 Å². The maximum atomic E-state index is 11.8. The van der Waals surface area contributed by atoms with Crippen LogP contribution in [0.1, 0.15) is 17.3 Å². The first-order valence-corrected chi connectivity index (χ1v) is 18.7. The minimum absolute atomic E-state index is 0.112. The lowest BCUT2D eigenvalue weighted by Gasteiger charge is -2.09. The molecule has 0 aromatic heterocycles. The molecule has 0 aliphatic carbocycles. The fourth-order valence-corrected chi connectivity index (χ4v) is 4.21. The van der Waals surface area contributed by atoms with Crippen molar-refractivity contribution in [1.29, 1.82) is 0 Å². The Morgan fingerprint density at radius 1 is 0.400 bits per heavy atom. The lowest BCUT2D eigenvalue weighted by atomic mass is 10.2. The highest BCUT2D eigenvalue weighted by atomic mass is 16.6. The maximum Gasteiger partial charge on any atom is 0.338 e. The normalized spacial score (nSPS) is 11.1. The van der Waals surface area contributed by atoms with Crippen molar-refractivity contribution < 1.29 is 71.2 Å². The van der Waals surface area contributed by atoms with Gasteiger partial charge in [0.15, 0.2) is 0 Å². The van der Waals surface area contributed by atoms with E-state index < -0.39 is 0 Å². The van der Waals surface area contributed by atoms with Crippen LogP contribution in [0.25, 0.3) is 0 Å². The van der Waals surface area contributed by atoms with Crippen LogP contribution in [0.3, 0.4) is 0 Å². The minimum atomic E-state index is -0.361. The summed E-state index contributed by atoms with van der Waals surface area (Å²) < 4.78 is 71.0. The molecule has 16 nitrogen and oxygen atoms in total. The second-order valence-corrected chi connectivity index (χ2v) is 11.3. The first kappa shape index (κ1) is 47.9. The van der Waals surface area contributed by atoms with Gasteiger partial charge in [-0.05, 0) is 36.4 Å². The topological polar surface area (TPSA) is 166 Å². The Balaban J connectivity index is 1.15. The molecule has 0 saturated heterocycles. The second kappa shape index (κ2) is 36.4. The molecular formula is C39H61NO15. The van der Waals surface area contributed by atoms with E-state index >= 15 is 0 Å². The second-order valence-electron chi connectivity index (χ2n) is 11.3. The molecule has 0 saturated carbocycles. The van der Waals surface area contributed by atoms with Crippen molar-refractivity contribution in [3.05, 3.63) is 60.2 Å². The van der Waals surface area contributed by atoms with E-state index in [1.807, 2.05) is 6.07 Å². The molecule has 1 N–H and O–H groups in total. The summed E-state index contributed by atoms with van der Waals surface area (Å²) in [5, 5.41) is 2.71. The molecule has 0 aliphatic heterocycles. The van der Waals surface area contributed by atoms with Gasteiger partial charge in [-0.25, -0.2) is 4.79 Å². The SMILES string of the molecule is CC(=O)Nc1ccc(OCCOCCOCCOCCOCCOCCOCCOCCOCCOCCOCCOCCOC(=O)c2ccccc2)cc1. The van der Waals surface area contributed by atoms with Gasteiger partial charge < -0.3 is 66.9 Å². The van der Waals surface area contributed by atoms with E-state index in [4.69, 9.17) is 61.6 Å². The van der Waals surface area contributed by atoms with Crippen LogP contribution in [-0.4, -0.2) is 170 Å². The lowest BCUT2D eigenvalue weighted by Crippen LogP contribution is -2.16. The Bertz CT molecular complexity index is 1160. The summed E-state index contributed by atoms with van der Waals surface area (Å²) in [5.41, 5.74) is 1.25. The molecule has 0 bridgehead atoms. The third-order valence-corrected chi connectivity index (χ3v) is 6.86. The average Bonchev–Trinajstić information content (AvgIpc) is 3.19. The van der Waals surface area contributed by atoms with E-state index in [2.05, 4.69) is 5.32 Å². The maximum absolute atomic E-state index is 11.8. The van der Waals surface area contributed by atoms with Crippen LogP contribution >= 0.6 is 0 Å². The van der Waals surface area contributed by atoms with Gasteiger partial charge in [0.1, 0.15) is 19.0 Å². The van der Waals surface area contributed by atoms with Gasteiger partial charge in [-0.3, -0.25) is 4.79 Å². The molecular weight excluding hydrogens is 722 g/mol. The summed E-state index contributed by atoms with van der Waals surface area (Å²) in [6.07, 6.45) is 0. The molecule has 0 fully saturated rings. The van der Waals surface area contributed by atoms with Crippen molar-refractivity contribution in [2.24, 2.45) is 0 Å². The van der Waals surface area contributed by atoms with Crippen molar-refractivity contribution >= 4 is 17.6 Å². The Morgan fingerprint density at radius 3 is 1.04 bits per heavy atom. The predicted molar refractivity (Wildman–Crippen MR) is 202 cm³/mol. The number of benzene rings is 2. The molecule has 0 unspecified atom stereocenters. The van der Waals surface area contributed by atoms with Crippen molar-refractivity contribution in [2.75, 3.05) is 164 Å². The Morgan fingerprint density at radius 2 is 0.709 bits per heavy atom. The number of carbonyl (C=O) groups is 2. The summed E-state index contributed by atoms with van der Waals surface area (Å²) in [6, 6.07) is 16.0. The van der Waals surface area contributed by atoms with Crippen molar-refractivity contribution in [1.82, 2.24) is 0 Å². The van der Waals surface area contributed by atoms with Crippen LogP contribution < -0.4 is 10.1 Å². The largest absolute Gasteiger partial charge is 0.491 e. The van der Waals surface area contributed by atoms with Gasteiger partial charge >= 0.3 is 5.97 Å². The van der Waals surface area contributed by atoms with Gasteiger partial charge in [0, 0.05) is 12.6 Å². The van der Waals surface area contributed by atoms with Gasteiger partial charge in [0.05, 0.1) is 151 Å². The van der Waals surface area contributed by atoms with Crippen molar-refractivity contribution in [3.63, 3.8) is 0 Å². The number of amides is 1. The molecule has 2 aromatic carbocycles. The summed E-state index contributed by atoms with van der Waals surface area (Å²) >= 11 is 0. The van der Waals surface area contributed by atoms with E-state index in [0.717, 1.165) is 5.69 Å². The number of hydrogen-bond acceptors (Lipinski definition) is 15. The van der Waals surface area contributed by atoms with E-state index in [1.54, 1.807) is 48.5 Å². The minimum Gasteiger partial charge on any atom is -0.491 e. The summed E-state index contributed by atoms with van der Waals surface area (Å²) in [7, 11) is 0. The number of rotatable bonds is 39. The first-order valence-electron chi connectivity index (χ1n) is 18.7. The van der Waals surface area contributed by atoms with Crippen LogP contribution in [-0.2, 0) is 61.6 Å². The number of anilines is 1. The third-order valence-electron chi connectivity index (χ3n) is 6.86. The van der Waals surface area contributed by atoms with Crippen LogP contribution in [0, 0.1) is 0 Å². The smallest absolute Gasteiger partial charge is 0.338 e. The van der Waals surface area contributed by atoms with E-state index in [1.165, 1.54) is 6.92 Å². The Hall–Kier alpha value is -3.26. The molecule has 0 atom stereocenters. The fraction of sp³-hybridized carbons (Fsp3) is 0.641. The number of ether oxygens (including phenoxy) is 13. The zero-order valence-electron chi connectivity index (χ0n) is 32.3. The zero-order chi connectivity index (χ0) is 39.1. The van der Waals surface area contributed by atoms with Gasteiger partial charge in [-0.2, -0.15) is 0 Å². The molecule has 2 rings (SSSR count). The molecule has 16 heteroatoms. The fourth-order valence-electron chi connectivity index (χ4n) is 4.21. The monoisotopic (exact) mass is 783 g/mol. The number of nitrogens with one attached hydrogen (secondary N) is 1. The van der Waals surface area contributed by atoms with Crippen LogP contribution in [0.4, 0.5) is 5.69 Å². The molecule has 312 valence electrons. The zero-order valence-corrected chi connectivity index (χ0v) is 32.3. The summed E-state index contributed by atoms with van der Waals surface area (Å²) in [5.74, 6) is 0.239. The van der Waals surface area contributed by atoms with Gasteiger partial charge in [0.25, 0.3) is 0 Å². The van der Waals surface area contributed by atoms with Crippen molar-refractivity contribution in [2.45, 2.75) is 6.92 Å². The van der Waals surface area contributed by atoms with Crippen LogP contribution in [0.15, 0.2) is 54.6 Å². The molecule has 2 aromatic rings. The summed E-state index contributed by atoms with van der Waals surface area (Å²) in [4.78, 5) is 22.8. The summed E-state index contributed by atoms with van der Waals surface area (Å²) in [6.45, 7) is 12.3. The number of carbonyl (C=O) groups excluding carboxylic acids is 2. The highest BCUT2D eigenvalue weighted by molar-refractivity contribution is 5.89. The highest BCUT2D eigenvalue weighted by Crippen LogP contribution is 2.15. The van der Waals surface area contributed by atoms with Gasteiger partial charge in [-0.15, -0.1) is 0 Å². The number of hydrogen-bond donors (Lipinski definition) is 1. The van der Waals surface area contributed by atoms with Crippen molar-refractivity contribution in [3.8, 4) is 5.75 Å². The Kier molecular flexibility index (Phi) is 31.7. The van der Waals surface area contributed by atoms with Crippen LogP contribution in [0.2, 0.25) is 0 Å². The quantitative estimate of drug-likeness (QED) is 0.0776. The molecule has 0 aliphatic rings.